The quantitative estimate of drug-likeness (QED) is 0.724. The van der Waals surface area contributed by atoms with Crippen LogP contribution < -0.4 is 4.74 Å². The van der Waals surface area contributed by atoms with Crippen molar-refractivity contribution in [2.75, 3.05) is 0 Å². The summed E-state index contributed by atoms with van der Waals surface area (Å²) in [6.45, 7) is 0. The summed E-state index contributed by atoms with van der Waals surface area (Å²) in [7, 11) is 0. The molecule has 1 aliphatic rings. The number of hydrogen-bond donors (Lipinski definition) is 0. The van der Waals surface area contributed by atoms with Gasteiger partial charge in [-0.25, -0.2) is 4.74 Å². The van der Waals surface area contributed by atoms with Crippen molar-refractivity contribution < 1.29 is 27.0 Å². The molecule has 6 heteroatoms. The van der Waals surface area contributed by atoms with Crippen molar-refractivity contribution in [2.45, 2.75) is 12.4 Å². The van der Waals surface area contributed by atoms with E-state index in [4.69, 9.17) is 0 Å². The van der Waals surface area contributed by atoms with Crippen LogP contribution in [0.5, 0.6) is 5.75 Å². The molecule has 0 spiro atoms. The Morgan fingerprint density at radius 3 is 2.20 bits per heavy atom. The first-order chi connectivity index (χ1) is 9.37. The molecular weight excluding hydrogens is 276 g/mol. The van der Waals surface area contributed by atoms with Gasteiger partial charge in [-0.2, -0.15) is 8.78 Å². The molecule has 0 fully saturated rings. The molecule has 0 atom stereocenters. The molecule has 2 aromatic rings. The molecule has 104 valence electrons. The molecule has 0 aliphatic carbocycles. The van der Waals surface area contributed by atoms with Gasteiger partial charge in [0.1, 0.15) is 5.75 Å². The molecule has 1 heterocycles. The second-order valence-corrected chi connectivity index (χ2v) is 4.26. The highest BCUT2D eigenvalue weighted by molar-refractivity contribution is 5.66. The Labute approximate surface area is 111 Å². The maximum absolute atomic E-state index is 13.6. The smallest absolute Gasteiger partial charge is 0.409 e. The Balaban J connectivity index is 2.10. The predicted octanol–water partition coefficient (Wildman–Crippen LogP) is 4.36. The van der Waals surface area contributed by atoms with Gasteiger partial charge in [0, 0.05) is 0 Å². The van der Waals surface area contributed by atoms with E-state index in [2.05, 4.69) is 9.47 Å². The van der Waals surface area contributed by atoms with Crippen molar-refractivity contribution in [3.63, 3.8) is 0 Å². The third-order valence-electron chi connectivity index (χ3n) is 2.88. The van der Waals surface area contributed by atoms with E-state index in [0.717, 1.165) is 12.1 Å². The van der Waals surface area contributed by atoms with Gasteiger partial charge in [0.2, 0.25) is 0 Å². The van der Waals surface area contributed by atoms with Gasteiger partial charge in [0.25, 0.3) is 0 Å². The minimum Gasteiger partial charge on any atom is -0.409 e. The minimum absolute atomic E-state index is 0.460. The molecule has 0 N–H and O–H groups in total. The summed E-state index contributed by atoms with van der Waals surface area (Å²) >= 11 is 0. The minimum atomic E-state index is -4.34. The lowest BCUT2D eigenvalue weighted by Crippen LogP contribution is -2.41. The summed E-state index contributed by atoms with van der Waals surface area (Å²) in [6, 6.07) is 12.3. The summed E-state index contributed by atoms with van der Waals surface area (Å²) in [5.41, 5.74) is 0.426. The Bertz CT molecular complexity index is 641. The standard InChI is InChI=1S/C14H8F4O2/c15-13(16)11-8-10(9-4-2-1-3-5-9)6-7-12(11)19-14(17,18)20-13/h1-8H. The lowest BCUT2D eigenvalue weighted by atomic mass is 10.0. The van der Waals surface area contributed by atoms with Crippen LogP contribution in [0, 0.1) is 0 Å². The van der Waals surface area contributed by atoms with Gasteiger partial charge in [0.05, 0.1) is 5.56 Å². The second kappa shape index (κ2) is 4.21. The van der Waals surface area contributed by atoms with Crippen molar-refractivity contribution in [1.29, 1.82) is 0 Å². The fourth-order valence-corrected chi connectivity index (χ4v) is 2.01. The van der Waals surface area contributed by atoms with Gasteiger partial charge in [-0.1, -0.05) is 36.4 Å². The van der Waals surface area contributed by atoms with E-state index in [1.807, 2.05) is 0 Å². The predicted molar refractivity (Wildman–Crippen MR) is 62.4 cm³/mol. The van der Waals surface area contributed by atoms with Crippen LogP contribution in [-0.2, 0) is 10.8 Å². The number of alkyl halides is 4. The Morgan fingerprint density at radius 2 is 1.50 bits per heavy atom. The van der Waals surface area contributed by atoms with E-state index in [9.17, 15) is 17.6 Å². The first-order valence-electron chi connectivity index (χ1n) is 5.72. The number of ether oxygens (including phenoxy) is 2. The topological polar surface area (TPSA) is 18.5 Å². The number of rotatable bonds is 1. The first kappa shape index (κ1) is 12.9. The number of benzene rings is 2. The van der Waals surface area contributed by atoms with Crippen LogP contribution in [0.25, 0.3) is 11.1 Å². The zero-order valence-corrected chi connectivity index (χ0v) is 9.95. The number of hydrogen-bond acceptors (Lipinski definition) is 2. The molecule has 0 saturated heterocycles. The molecule has 2 nitrogen and oxygen atoms in total. The molecule has 0 aromatic heterocycles. The van der Waals surface area contributed by atoms with E-state index in [1.54, 1.807) is 30.3 Å². The molecule has 0 amide bonds. The van der Waals surface area contributed by atoms with Crippen LogP contribution in [0.2, 0.25) is 0 Å². The summed E-state index contributed by atoms with van der Waals surface area (Å²) in [4.78, 5) is 0. The van der Waals surface area contributed by atoms with E-state index in [1.165, 1.54) is 6.07 Å². The van der Waals surface area contributed by atoms with Gasteiger partial charge in [-0.05, 0) is 23.3 Å². The Morgan fingerprint density at radius 1 is 0.800 bits per heavy atom. The fourth-order valence-electron chi connectivity index (χ4n) is 2.01. The Kier molecular flexibility index (Phi) is 2.72. The third kappa shape index (κ3) is 2.22. The van der Waals surface area contributed by atoms with Crippen LogP contribution in [0.4, 0.5) is 17.6 Å². The zero-order chi connectivity index (χ0) is 14.4. The van der Waals surface area contributed by atoms with E-state index < -0.39 is 23.7 Å². The second-order valence-electron chi connectivity index (χ2n) is 4.26. The number of fused-ring (bicyclic) bond motifs is 1. The monoisotopic (exact) mass is 284 g/mol. The molecular formula is C14H8F4O2. The van der Waals surface area contributed by atoms with Gasteiger partial charge in [0.15, 0.2) is 0 Å². The average Bonchev–Trinajstić information content (AvgIpc) is 2.37. The average molecular weight is 284 g/mol. The van der Waals surface area contributed by atoms with Crippen molar-refractivity contribution >= 4 is 0 Å². The lowest BCUT2D eigenvalue weighted by Gasteiger charge is -2.30. The van der Waals surface area contributed by atoms with Crippen molar-refractivity contribution in [3.05, 3.63) is 54.1 Å². The van der Waals surface area contributed by atoms with Gasteiger partial charge in [-0.3, -0.25) is 0 Å². The molecule has 3 rings (SSSR count). The van der Waals surface area contributed by atoms with Gasteiger partial charge in [-0.15, -0.1) is 8.78 Å². The summed E-state index contributed by atoms with van der Waals surface area (Å²) in [5, 5.41) is 0. The molecule has 1 aliphatic heterocycles. The van der Waals surface area contributed by atoms with E-state index in [-0.39, 0.29) is 0 Å². The van der Waals surface area contributed by atoms with E-state index >= 15 is 0 Å². The molecule has 0 radical (unpaired) electrons. The molecule has 20 heavy (non-hydrogen) atoms. The van der Waals surface area contributed by atoms with Crippen LogP contribution in [0.15, 0.2) is 48.5 Å². The summed E-state index contributed by atoms with van der Waals surface area (Å²) in [6.07, 6.45) is -8.45. The highest BCUT2D eigenvalue weighted by Crippen LogP contribution is 2.47. The zero-order valence-electron chi connectivity index (χ0n) is 9.95. The van der Waals surface area contributed by atoms with Gasteiger partial charge < -0.3 is 4.74 Å². The highest BCUT2D eigenvalue weighted by atomic mass is 19.3. The van der Waals surface area contributed by atoms with Crippen LogP contribution >= 0.6 is 0 Å². The molecule has 0 bridgehead atoms. The summed E-state index contributed by atoms with van der Waals surface area (Å²) < 4.78 is 60.5. The highest BCUT2D eigenvalue weighted by Gasteiger charge is 2.54. The van der Waals surface area contributed by atoms with Gasteiger partial charge >= 0.3 is 12.4 Å². The van der Waals surface area contributed by atoms with Crippen LogP contribution in [-0.4, -0.2) is 6.29 Å². The van der Waals surface area contributed by atoms with Crippen LogP contribution in [0.1, 0.15) is 5.56 Å². The molecule has 0 unspecified atom stereocenters. The largest absolute Gasteiger partial charge is 0.540 e. The third-order valence-corrected chi connectivity index (χ3v) is 2.88. The Hall–Kier alpha value is -2.08. The van der Waals surface area contributed by atoms with Crippen molar-refractivity contribution in [2.24, 2.45) is 0 Å². The molecule has 2 aromatic carbocycles. The summed E-state index contributed by atoms with van der Waals surface area (Å²) in [5.74, 6) is -0.592. The lowest BCUT2D eigenvalue weighted by molar-refractivity contribution is -0.461. The van der Waals surface area contributed by atoms with E-state index in [0.29, 0.717) is 11.1 Å². The fraction of sp³-hybridized carbons (Fsp3) is 0.143. The number of halogens is 4. The maximum Gasteiger partial charge on any atom is 0.540 e. The molecule has 0 saturated carbocycles. The van der Waals surface area contributed by atoms with Crippen molar-refractivity contribution in [1.82, 2.24) is 0 Å². The SMILES string of the molecule is FC1(F)Oc2ccc(-c3ccccc3)cc2C(F)(F)O1. The normalized spacial score (nSPS) is 19.0. The van der Waals surface area contributed by atoms with Crippen LogP contribution in [0.3, 0.4) is 0 Å². The maximum atomic E-state index is 13.6. The first-order valence-corrected chi connectivity index (χ1v) is 5.72. The van der Waals surface area contributed by atoms with Crippen molar-refractivity contribution in [3.8, 4) is 16.9 Å².